The van der Waals surface area contributed by atoms with Crippen LogP contribution >= 0.6 is 0 Å². The summed E-state index contributed by atoms with van der Waals surface area (Å²) in [6, 6.07) is 0. The Morgan fingerprint density at radius 2 is 2.00 bits per heavy atom. The third kappa shape index (κ3) is 2.31. The fourth-order valence-electron chi connectivity index (χ4n) is 4.22. The highest BCUT2D eigenvalue weighted by Gasteiger charge is 2.47. The average molecular weight is 236 g/mol. The molecule has 0 amide bonds. The maximum Gasteiger partial charge on any atom is 0.0681 e. The zero-order valence-electron chi connectivity index (χ0n) is 12.0. The molecular weight excluding hydrogens is 208 g/mol. The van der Waals surface area contributed by atoms with Crippen molar-refractivity contribution in [3.63, 3.8) is 0 Å². The molecule has 0 aromatic rings. The van der Waals surface area contributed by atoms with Crippen molar-refractivity contribution in [1.82, 2.24) is 0 Å². The highest BCUT2D eigenvalue weighted by Crippen LogP contribution is 2.52. The number of rotatable bonds is 2. The molecule has 2 saturated carbocycles. The lowest BCUT2D eigenvalue weighted by Gasteiger charge is -2.36. The molecular formula is C16H28O. The van der Waals surface area contributed by atoms with E-state index in [1.165, 1.54) is 37.7 Å². The maximum absolute atomic E-state index is 5.92. The van der Waals surface area contributed by atoms with E-state index >= 15 is 0 Å². The topological polar surface area (TPSA) is 9.23 Å². The highest BCUT2D eigenvalue weighted by atomic mass is 16.5. The monoisotopic (exact) mass is 236 g/mol. The number of hydrogen-bond donors (Lipinski definition) is 0. The van der Waals surface area contributed by atoms with Gasteiger partial charge < -0.3 is 4.74 Å². The van der Waals surface area contributed by atoms with Crippen molar-refractivity contribution >= 4 is 0 Å². The molecule has 17 heavy (non-hydrogen) atoms. The second kappa shape index (κ2) is 4.76. The Balaban J connectivity index is 2.24. The summed E-state index contributed by atoms with van der Waals surface area (Å²) in [4.78, 5) is 0. The van der Waals surface area contributed by atoms with Gasteiger partial charge in [-0.3, -0.25) is 0 Å². The molecule has 0 aromatic heterocycles. The van der Waals surface area contributed by atoms with Crippen LogP contribution in [-0.4, -0.2) is 12.7 Å². The van der Waals surface area contributed by atoms with Gasteiger partial charge in [0.1, 0.15) is 0 Å². The van der Waals surface area contributed by atoms with E-state index in [1.807, 2.05) is 7.11 Å². The molecule has 5 unspecified atom stereocenters. The zero-order chi connectivity index (χ0) is 12.6. The van der Waals surface area contributed by atoms with Gasteiger partial charge in [0.25, 0.3) is 0 Å². The van der Waals surface area contributed by atoms with Gasteiger partial charge in [-0.2, -0.15) is 0 Å². The third-order valence-corrected chi connectivity index (χ3v) is 5.67. The van der Waals surface area contributed by atoms with Gasteiger partial charge in [0.05, 0.1) is 5.60 Å². The molecule has 1 heteroatoms. The van der Waals surface area contributed by atoms with Gasteiger partial charge in [0, 0.05) is 7.11 Å². The Morgan fingerprint density at radius 1 is 1.29 bits per heavy atom. The fourth-order valence-corrected chi connectivity index (χ4v) is 4.22. The molecule has 0 aromatic carbocycles. The summed E-state index contributed by atoms with van der Waals surface area (Å²) < 4.78 is 5.92. The van der Waals surface area contributed by atoms with E-state index in [0.29, 0.717) is 0 Å². The molecule has 2 fully saturated rings. The van der Waals surface area contributed by atoms with Crippen molar-refractivity contribution in [2.24, 2.45) is 23.7 Å². The van der Waals surface area contributed by atoms with E-state index in [4.69, 9.17) is 4.74 Å². The van der Waals surface area contributed by atoms with E-state index in [-0.39, 0.29) is 5.60 Å². The van der Waals surface area contributed by atoms with Crippen molar-refractivity contribution in [3.8, 4) is 0 Å². The number of methoxy groups -OCH3 is 1. The molecule has 2 aliphatic rings. The van der Waals surface area contributed by atoms with Gasteiger partial charge in [-0.05, 0) is 63.2 Å². The van der Waals surface area contributed by atoms with Crippen LogP contribution in [0.15, 0.2) is 12.2 Å². The largest absolute Gasteiger partial charge is 0.378 e. The van der Waals surface area contributed by atoms with Gasteiger partial charge >= 0.3 is 0 Å². The van der Waals surface area contributed by atoms with E-state index in [2.05, 4.69) is 27.4 Å². The number of allylic oxidation sites excluding steroid dienone is 1. The normalized spacial score (nSPS) is 46.4. The Morgan fingerprint density at radius 3 is 2.59 bits per heavy atom. The van der Waals surface area contributed by atoms with Gasteiger partial charge in [-0.25, -0.2) is 0 Å². The van der Waals surface area contributed by atoms with Gasteiger partial charge in [-0.1, -0.05) is 25.5 Å². The molecule has 0 radical (unpaired) electrons. The van der Waals surface area contributed by atoms with E-state index in [9.17, 15) is 0 Å². The van der Waals surface area contributed by atoms with Crippen LogP contribution in [0, 0.1) is 23.7 Å². The molecule has 5 atom stereocenters. The molecule has 98 valence electrons. The van der Waals surface area contributed by atoms with E-state index < -0.39 is 0 Å². The smallest absolute Gasteiger partial charge is 0.0681 e. The van der Waals surface area contributed by atoms with Crippen molar-refractivity contribution in [2.45, 2.75) is 58.5 Å². The Labute approximate surface area is 107 Å². The minimum Gasteiger partial charge on any atom is -0.378 e. The molecule has 0 saturated heterocycles. The van der Waals surface area contributed by atoms with E-state index in [1.54, 1.807) is 0 Å². The summed E-state index contributed by atoms with van der Waals surface area (Å²) >= 11 is 0. The standard InChI is InChI=1S/C16H28O/c1-11(2)13-8-9-16(4,17-5)15-7-6-12(3)14(15)10-13/h12-15H,1,6-10H2,2-5H3. The first kappa shape index (κ1) is 13.1. The lowest BCUT2D eigenvalue weighted by molar-refractivity contribution is -0.0591. The fraction of sp³-hybridized carbons (Fsp3) is 0.875. The van der Waals surface area contributed by atoms with Crippen LogP contribution in [0.4, 0.5) is 0 Å². The SMILES string of the molecule is C=C(C)C1CCC(C)(OC)C2CCC(C)C2C1. The van der Waals surface area contributed by atoms with Crippen molar-refractivity contribution in [3.05, 3.63) is 12.2 Å². The van der Waals surface area contributed by atoms with Gasteiger partial charge in [0.15, 0.2) is 0 Å². The quantitative estimate of drug-likeness (QED) is 0.644. The summed E-state index contributed by atoms with van der Waals surface area (Å²) in [7, 11) is 1.90. The molecule has 2 rings (SSSR count). The summed E-state index contributed by atoms with van der Waals surface area (Å²) in [6.45, 7) is 11.2. The summed E-state index contributed by atoms with van der Waals surface area (Å²) in [5.74, 6) is 3.21. The van der Waals surface area contributed by atoms with Crippen LogP contribution in [-0.2, 0) is 4.74 Å². The van der Waals surface area contributed by atoms with Gasteiger partial charge in [-0.15, -0.1) is 0 Å². The molecule has 0 bridgehead atoms. The summed E-state index contributed by atoms with van der Waals surface area (Å²) in [6.07, 6.45) is 6.56. The average Bonchev–Trinajstić information content (AvgIpc) is 2.57. The van der Waals surface area contributed by atoms with Crippen molar-refractivity contribution < 1.29 is 4.74 Å². The summed E-state index contributed by atoms with van der Waals surface area (Å²) in [5, 5.41) is 0. The maximum atomic E-state index is 5.92. The molecule has 0 N–H and O–H groups in total. The summed E-state index contributed by atoms with van der Waals surface area (Å²) in [5.41, 5.74) is 1.49. The highest BCUT2D eigenvalue weighted by molar-refractivity contribution is 5.05. The van der Waals surface area contributed by atoms with Crippen molar-refractivity contribution in [2.75, 3.05) is 7.11 Å². The lowest BCUT2D eigenvalue weighted by atomic mass is 9.77. The Bertz CT molecular complexity index is 296. The molecule has 0 aliphatic heterocycles. The second-order valence-corrected chi connectivity index (χ2v) is 6.66. The Hall–Kier alpha value is -0.300. The Kier molecular flexibility index (Phi) is 3.68. The molecule has 0 spiro atoms. The van der Waals surface area contributed by atoms with Gasteiger partial charge in [0.2, 0.25) is 0 Å². The van der Waals surface area contributed by atoms with Crippen LogP contribution in [0.25, 0.3) is 0 Å². The molecule has 0 heterocycles. The van der Waals surface area contributed by atoms with Crippen molar-refractivity contribution in [1.29, 1.82) is 0 Å². The first-order chi connectivity index (χ1) is 7.98. The molecule has 2 aliphatic carbocycles. The molecule has 1 nitrogen and oxygen atoms in total. The first-order valence-corrected chi connectivity index (χ1v) is 7.18. The first-order valence-electron chi connectivity index (χ1n) is 7.18. The number of hydrogen-bond acceptors (Lipinski definition) is 1. The predicted molar refractivity (Wildman–Crippen MR) is 72.9 cm³/mol. The lowest BCUT2D eigenvalue weighted by Crippen LogP contribution is -2.38. The predicted octanol–water partition coefficient (Wildman–Crippen LogP) is 4.43. The zero-order valence-corrected chi connectivity index (χ0v) is 12.0. The minimum atomic E-state index is 0.111. The van der Waals surface area contributed by atoms with Crippen LogP contribution < -0.4 is 0 Å². The van der Waals surface area contributed by atoms with Crippen LogP contribution in [0.2, 0.25) is 0 Å². The van der Waals surface area contributed by atoms with E-state index in [0.717, 1.165) is 23.7 Å². The number of fused-ring (bicyclic) bond motifs is 1. The number of ether oxygens (including phenoxy) is 1. The van der Waals surface area contributed by atoms with Crippen LogP contribution in [0.3, 0.4) is 0 Å². The third-order valence-electron chi connectivity index (χ3n) is 5.67. The minimum absolute atomic E-state index is 0.111. The van der Waals surface area contributed by atoms with Crippen LogP contribution in [0.1, 0.15) is 52.9 Å². The van der Waals surface area contributed by atoms with Crippen LogP contribution in [0.5, 0.6) is 0 Å². The second-order valence-electron chi connectivity index (χ2n) is 6.66.